The van der Waals surface area contributed by atoms with Gasteiger partial charge >= 0.3 is 0 Å². The molecule has 2 fully saturated rings. The molecule has 0 N–H and O–H groups in total. The van der Waals surface area contributed by atoms with Gasteiger partial charge < -0.3 is 4.90 Å². The molecule has 1 aliphatic heterocycles. The fraction of sp³-hybridized carbons (Fsp3) is 0.611. The van der Waals surface area contributed by atoms with Crippen LogP contribution in [0.4, 0.5) is 0 Å². The minimum Gasteiger partial charge on any atom is -0.302 e. The average molecular weight is 283 g/mol. The van der Waals surface area contributed by atoms with Crippen molar-refractivity contribution in [3.63, 3.8) is 0 Å². The maximum atomic E-state index is 4.58. The van der Waals surface area contributed by atoms with E-state index >= 15 is 0 Å². The third kappa shape index (κ3) is 1.80. The van der Waals surface area contributed by atoms with Crippen LogP contribution in [-0.4, -0.2) is 34.3 Å². The number of aryl methyl sites for hydroxylation is 2. The molecule has 0 spiro atoms. The van der Waals surface area contributed by atoms with Gasteiger partial charge in [-0.2, -0.15) is 5.10 Å². The molecule has 2 aromatic rings. The van der Waals surface area contributed by atoms with Gasteiger partial charge in [0.2, 0.25) is 0 Å². The van der Waals surface area contributed by atoms with Gasteiger partial charge in [0.15, 0.2) is 0 Å². The Hall–Kier alpha value is -1.35. The molecule has 21 heavy (non-hydrogen) atoms. The van der Waals surface area contributed by atoms with Crippen LogP contribution in [0.2, 0.25) is 0 Å². The van der Waals surface area contributed by atoms with Gasteiger partial charge in [-0.15, -0.1) is 0 Å². The maximum Gasteiger partial charge on any atom is 0.0682 e. The summed E-state index contributed by atoms with van der Waals surface area (Å²) in [6.07, 6.45) is 6.81. The van der Waals surface area contributed by atoms with Crippen molar-refractivity contribution in [2.45, 2.75) is 50.5 Å². The van der Waals surface area contributed by atoms with Gasteiger partial charge in [0, 0.05) is 23.9 Å². The van der Waals surface area contributed by atoms with E-state index < -0.39 is 0 Å². The van der Waals surface area contributed by atoms with Crippen LogP contribution < -0.4 is 0 Å². The lowest BCUT2D eigenvalue weighted by Crippen LogP contribution is -2.43. The molecule has 3 heteroatoms. The summed E-state index contributed by atoms with van der Waals surface area (Å²) in [7, 11) is 4.35. The second-order valence-electron chi connectivity index (χ2n) is 7.09. The maximum absolute atomic E-state index is 4.58. The number of hydrogen-bond acceptors (Lipinski definition) is 2. The largest absolute Gasteiger partial charge is 0.302 e. The van der Waals surface area contributed by atoms with Crippen molar-refractivity contribution in [1.29, 1.82) is 0 Å². The Kier molecular flexibility index (Phi) is 2.90. The zero-order valence-electron chi connectivity index (χ0n) is 13.4. The zero-order valence-corrected chi connectivity index (χ0v) is 13.4. The third-order valence-corrected chi connectivity index (χ3v) is 6.04. The smallest absolute Gasteiger partial charge is 0.0682 e. The SMILES string of the molecule is Cc1nn(C)c2ccc([C@@]34CCCC[C@@H]3N(C)CC4)cc12. The highest BCUT2D eigenvalue weighted by atomic mass is 15.3. The lowest BCUT2D eigenvalue weighted by molar-refractivity contribution is 0.182. The molecule has 0 bridgehead atoms. The van der Waals surface area contributed by atoms with Gasteiger partial charge in [0.25, 0.3) is 0 Å². The second kappa shape index (κ2) is 4.57. The summed E-state index contributed by atoms with van der Waals surface area (Å²) in [4.78, 5) is 2.60. The summed E-state index contributed by atoms with van der Waals surface area (Å²) < 4.78 is 2.01. The van der Waals surface area contributed by atoms with Gasteiger partial charge in [-0.1, -0.05) is 18.9 Å². The molecular formula is C18H25N3. The predicted molar refractivity (Wildman–Crippen MR) is 86.6 cm³/mol. The van der Waals surface area contributed by atoms with E-state index in [1.807, 2.05) is 11.7 Å². The van der Waals surface area contributed by atoms with Crippen molar-refractivity contribution in [1.82, 2.24) is 14.7 Å². The van der Waals surface area contributed by atoms with E-state index in [2.05, 4.69) is 42.2 Å². The zero-order chi connectivity index (χ0) is 14.6. The molecule has 112 valence electrons. The summed E-state index contributed by atoms with van der Waals surface area (Å²) in [6, 6.07) is 7.83. The molecule has 1 aromatic carbocycles. The Balaban J connectivity index is 1.86. The number of fused-ring (bicyclic) bond motifs is 2. The highest BCUT2D eigenvalue weighted by Gasteiger charge is 2.48. The first-order chi connectivity index (χ1) is 10.1. The Morgan fingerprint density at radius 3 is 2.90 bits per heavy atom. The Morgan fingerprint density at radius 2 is 2.05 bits per heavy atom. The molecule has 1 aromatic heterocycles. The summed E-state index contributed by atoms with van der Waals surface area (Å²) in [5.74, 6) is 0. The van der Waals surface area contributed by atoms with Crippen molar-refractivity contribution >= 4 is 10.9 Å². The quantitative estimate of drug-likeness (QED) is 0.800. The average Bonchev–Trinajstić information content (AvgIpc) is 2.99. The fourth-order valence-electron chi connectivity index (χ4n) is 4.92. The van der Waals surface area contributed by atoms with Crippen molar-refractivity contribution < 1.29 is 0 Å². The number of likely N-dealkylation sites (tertiary alicyclic amines) is 1. The van der Waals surface area contributed by atoms with E-state index in [1.54, 1.807) is 5.56 Å². The van der Waals surface area contributed by atoms with E-state index in [4.69, 9.17) is 0 Å². The minimum atomic E-state index is 0.392. The number of benzene rings is 1. The van der Waals surface area contributed by atoms with Crippen LogP contribution in [-0.2, 0) is 12.5 Å². The molecule has 2 atom stereocenters. The van der Waals surface area contributed by atoms with Crippen LogP contribution in [0.5, 0.6) is 0 Å². The first kappa shape index (κ1) is 13.3. The molecule has 0 unspecified atom stereocenters. The topological polar surface area (TPSA) is 21.1 Å². The van der Waals surface area contributed by atoms with Crippen molar-refractivity contribution in [2.75, 3.05) is 13.6 Å². The predicted octanol–water partition coefficient (Wildman–Crippen LogP) is 3.40. The number of rotatable bonds is 1. The third-order valence-electron chi connectivity index (χ3n) is 6.04. The van der Waals surface area contributed by atoms with Gasteiger partial charge in [-0.05, 0) is 57.5 Å². The van der Waals surface area contributed by atoms with E-state index in [-0.39, 0.29) is 0 Å². The standard InChI is InChI=1S/C18H25N3/c1-13-15-12-14(7-8-16(15)21(3)19-13)18-9-5-4-6-17(18)20(2)11-10-18/h7-8,12,17H,4-6,9-11H2,1-3H3/t17-,18-/m0/s1. The van der Waals surface area contributed by atoms with E-state index in [0.717, 1.165) is 11.7 Å². The van der Waals surface area contributed by atoms with E-state index in [9.17, 15) is 0 Å². The summed E-state index contributed by atoms with van der Waals surface area (Å²) in [5.41, 5.74) is 4.36. The summed E-state index contributed by atoms with van der Waals surface area (Å²) in [5, 5.41) is 5.92. The van der Waals surface area contributed by atoms with Gasteiger partial charge in [-0.25, -0.2) is 0 Å². The van der Waals surface area contributed by atoms with Crippen LogP contribution in [0.25, 0.3) is 10.9 Å². The lowest BCUT2D eigenvalue weighted by Gasteiger charge is -2.41. The Labute approximate surface area is 126 Å². The molecule has 1 aliphatic carbocycles. The van der Waals surface area contributed by atoms with Crippen molar-refractivity contribution in [3.05, 3.63) is 29.5 Å². The normalized spacial score (nSPS) is 30.0. The van der Waals surface area contributed by atoms with Crippen LogP contribution in [0.1, 0.15) is 43.4 Å². The van der Waals surface area contributed by atoms with Crippen LogP contribution >= 0.6 is 0 Å². The van der Waals surface area contributed by atoms with Crippen LogP contribution in [0, 0.1) is 6.92 Å². The Bertz CT molecular complexity index is 683. The molecule has 2 aliphatic rings. The van der Waals surface area contributed by atoms with Crippen molar-refractivity contribution in [2.24, 2.45) is 7.05 Å². The summed E-state index contributed by atoms with van der Waals surface area (Å²) >= 11 is 0. The van der Waals surface area contributed by atoms with Gasteiger partial charge in [0.1, 0.15) is 0 Å². The van der Waals surface area contributed by atoms with E-state index in [0.29, 0.717) is 5.41 Å². The first-order valence-corrected chi connectivity index (χ1v) is 8.26. The Morgan fingerprint density at radius 1 is 1.19 bits per heavy atom. The molecule has 1 saturated heterocycles. The van der Waals surface area contributed by atoms with Crippen LogP contribution in [0.15, 0.2) is 18.2 Å². The molecule has 0 radical (unpaired) electrons. The highest BCUT2D eigenvalue weighted by molar-refractivity contribution is 5.82. The van der Waals surface area contributed by atoms with Gasteiger partial charge in [-0.3, -0.25) is 4.68 Å². The highest BCUT2D eigenvalue weighted by Crippen LogP contribution is 2.48. The minimum absolute atomic E-state index is 0.392. The second-order valence-corrected chi connectivity index (χ2v) is 7.09. The number of nitrogens with zero attached hydrogens (tertiary/aromatic N) is 3. The molecule has 0 amide bonds. The van der Waals surface area contributed by atoms with Crippen LogP contribution in [0.3, 0.4) is 0 Å². The summed E-state index contributed by atoms with van der Waals surface area (Å²) in [6.45, 7) is 3.37. The lowest BCUT2D eigenvalue weighted by atomic mass is 9.66. The first-order valence-electron chi connectivity index (χ1n) is 8.26. The number of likely N-dealkylation sites (N-methyl/N-ethyl adjacent to an activating group) is 1. The van der Waals surface area contributed by atoms with Crippen molar-refractivity contribution in [3.8, 4) is 0 Å². The molecule has 3 nitrogen and oxygen atoms in total. The molecule has 4 rings (SSSR count). The molecule has 1 saturated carbocycles. The molecule has 2 heterocycles. The van der Waals surface area contributed by atoms with Gasteiger partial charge in [0.05, 0.1) is 11.2 Å². The number of aromatic nitrogens is 2. The monoisotopic (exact) mass is 283 g/mol. The van der Waals surface area contributed by atoms with E-state index in [1.165, 1.54) is 49.6 Å². The fourth-order valence-corrected chi connectivity index (χ4v) is 4.92. The number of hydrogen-bond donors (Lipinski definition) is 0. The molecular weight excluding hydrogens is 258 g/mol.